The second kappa shape index (κ2) is 4.95. The fourth-order valence-electron chi connectivity index (χ4n) is 1.21. The lowest BCUT2D eigenvalue weighted by Crippen LogP contribution is -2.26. The van der Waals surface area contributed by atoms with Crippen LogP contribution < -0.4 is 0 Å². The van der Waals surface area contributed by atoms with Gasteiger partial charge in [0.2, 0.25) is 0 Å². The van der Waals surface area contributed by atoms with Gasteiger partial charge in [-0.3, -0.25) is 9.59 Å². The van der Waals surface area contributed by atoms with E-state index < -0.39 is 11.4 Å². The highest BCUT2D eigenvalue weighted by Crippen LogP contribution is 2.23. The number of carbonyl (C=O) groups is 2. The normalized spacial score (nSPS) is 11.2. The molecule has 0 bridgehead atoms. The number of Topliss-reactive ketones (excluding diaryl/α,β-unsaturated/α-hetero) is 1. The SMILES string of the molecule is CC(C)(CC(=O)c1ccc(I)cc1)C(=O)O. The lowest BCUT2D eigenvalue weighted by molar-refractivity contribution is -0.146. The van der Waals surface area contributed by atoms with E-state index in [4.69, 9.17) is 5.11 Å². The minimum atomic E-state index is -1.01. The first-order valence-corrected chi connectivity index (χ1v) is 5.93. The van der Waals surface area contributed by atoms with E-state index in [0.717, 1.165) is 3.57 Å². The third-order valence-corrected chi connectivity index (χ3v) is 3.07. The first-order chi connectivity index (χ1) is 7.33. The molecule has 86 valence electrons. The summed E-state index contributed by atoms with van der Waals surface area (Å²) in [5.41, 5.74) is -0.449. The number of rotatable bonds is 4. The number of carboxylic acid groups (broad SMARTS) is 1. The van der Waals surface area contributed by atoms with Gasteiger partial charge in [-0.2, -0.15) is 0 Å². The Morgan fingerprint density at radius 2 is 1.75 bits per heavy atom. The van der Waals surface area contributed by atoms with Crippen molar-refractivity contribution in [1.82, 2.24) is 0 Å². The average molecular weight is 332 g/mol. The molecule has 0 heterocycles. The number of aliphatic carboxylic acids is 1. The molecular formula is C12H13IO3. The third kappa shape index (κ3) is 3.30. The van der Waals surface area contributed by atoms with Crippen molar-refractivity contribution in [1.29, 1.82) is 0 Å². The summed E-state index contributed by atoms with van der Waals surface area (Å²) in [5, 5.41) is 8.93. The molecule has 0 saturated heterocycles. The van der Waals surface area contributed by atoms with Crippen LogP contribution >= 0.6 is 22.6 Å². The van der Waals surface area contributed by atoms with Crippen LogP contribution in [0.1, 0.15) is 30.6 Å². The lowest BCUT2D eigenvalue weighted by Gasteiger charge is -2.17. The van der Waals surface area contributed by atoms with Crippen molar-refractivity contribution in [2.24, 2.45) is 5.41 Å². The third-order valence-electron chi connectivity index (χ3n) is 2.35. The van der Waals surface area contributed by atoms with Gasteiger partial charge in [-0.15, -0.1) is 0 Å². The lowest BCUT2D eigenvalue weighted by atomic mass is 9.86. The molecule has 1 aromatic rings. The minimum absolute atomic E-state index is 0.0168. The largest absolute Gasteiger partial charge is 0.481 e. The fourth-order valence-corrected chi connectivity index (χ4v) is 1.57. The van der Waals surface area contributed by atoms with Crippen molar-refractivity contribution < 1.29 is 14.7 Å². The predicted molar refractivity (Wildman–Crippen MR) is 69.5 cm³/mol. The molecule has 0 spiro atoms. The van der Waals surface area contributed by atoms with E-state index in [1.807, 2.05) is 12.1 Å². The number of hydrogen-bond donors (Lipinski definition) is 1. The fraction of sp³-hybridized carbons (Fsp3) is 0.333. The van der Waals surface area contributed by atoms with E-state index in [1.165, 1.54) is 0 Å². The highest BCUT2D eigenvalue weighted by molar-refractivity contribution is 14.1. The molecule has 1 rings (SSSR count). The Morgan fingerprint density at radius 1 is 1.25 bits per heavy atom. The van der Waals surface area contributed by atoms with Gasteiger partial charge in [-0.25, -0.2) is 0 Å². The summed E-state index contributed by atoms with van der Waals surface area (Å²) >= 11 is 2.15. The molecule has 0 aromatic heterocycles. The van der Waals surface area contributed by atoms with Crippen LogP contribution in [-0.2, 0) is 4.79 Å². The number of halogens is 1. The van der Waals surface area contributed by atoms with Crippen molar-refractivity contribution in [3.05, 3.63) is 33.4 Å². The maximum atomic E-state index is 11.8. The number of hydrogen-bond acceptors (Lipinski definition) is 2. The Bertz CT molecular complexity index is 407. The topological polar surface area (TPSA) is 54.4 Å². The van der Waals surface area contributed by atoms with Gasteiger partial charge < -0.3 is 5.11 Å². The van der Waals surface area contributed by atoms with Crippen molar-refractivity contribution in [3.63, 3.8) is 0 Å². The minimum Gasteiger partial charge on any atom is -0.481 e. The zero-order valence-corrected chi connectivity index (χ0v) is 11.3. The number of carboxylic acids is 1. The Kier molecular flexibility index (Phi) is 4.07. The molecule has 0 aliphatic heterocycles. The maximum Gasteiger partial charge on any atom is 0.309 e. The van der Waals surface area contributed by atoms with Crippen LogP contribution in [0.15, 0.2) is 24.3 Å². The molecule has 1 aromatic carbocycles. The summed E-state index contributed by atoms with van der Waals surface area (Å²) < 4.78 is 1.05. The van der Waals surface area contributed by atoms with Crippen molar-refractivity contribution >= 4 is 34.3 Å². The summed E-state index contributed by atoms with van der Waals surface area (Å²) in [4.78, 5) is 22.7. The Balaban J connectivity index is 2.81. The highest BCUT2D eigenvalue weighted by Gasteiger charge is 2.30. The molecule has 0 radical (unpaired) electrons. The van der Waals surface area contributed by atoms with Crippen molar-refractivity contribution in [3.8, 4) is 0 Å². The van der Waals surface area contributed by atoms with Gasteiger partial charge in [0.1, 0.15) is 0 Å². The van der Waals surface area contributed by atoms with E-state index >= 15 is 0 Å². The van der Waals surface area contributed by atoms with Crippen LogP contribution in [0.3, 0.4) is 0 Å². The Hall–Kier alpha value is -0.910. The molecule has 0 atom stereocenters. The first kappa shape index (κ1) is 13.2. The summed E-state index contributed by atoms with van der Waals surface area (Å²) in [7, 11) is 0. The van der Waals surface area contributed by atoms with Crippen LogP contribution in [0.5, 0.6) is 0 Å². The smallest absolute Gasteiger partial charge is 0.309 e. The molecule has 16 heavy (non-hydrogen) atoms. The van der Waals surface area contributed by atoms with Gasteiger partial charge in [-0.05, 0) is 48.6 Å². The van der Waals surface area contributed by atoms with Crippen LogP contribution in [-0.4, -0.2) is 16.9 Å². The molecule has 3 nitrogen and oxygen atoms in total. The summed E-state index contributed by atoms with van der Waals surface area (Å²) in [6.45, 7) is 3.11. The molecule has 1 N–H and O–H groups in total. The number of benzene rings is 1. The first-order valence-electron chi connectivity index (χ1n) is 4.85. The number of carbonyl (C=O) groups excluding carboxylic acids is 1. The quantitative estimate of drug-likeness (QED) is 0.681. The summed E-state index contributed by atoms with van der Waals surface area (Å²) in [6, 6.07) is 7.12. The van der Waals surface area contributed by atoms with E-state index in [-0.39, 0.29) is 12.2 Å². The zero-order chi connectivity index (χ0) is 12.3. The average Bonchev–Trinajstić information content (AvgIpc) is 2.17. The van der Waals surface area contributed by atoms with E-state index in [0.29, 0.717) is 5.56 Å². The van der Waals surface area contributed by atoms with Crippen LogP contribution in [0, 0.1) is 8.99 Å². The monoisotopic (exact) mass is 332 g/mol. The van der Waals surface area contributed by atoms with Gasteiger partial charge in [0, 0.05) is 15.6 Å². The zero-order valence-electron chi connectivity index (χ0n) is 9.16. The van der Waals surface area contributed by atoms with E-state index in [2.05, 4.69) is 22.6 Å². The molecule has 0 saturated carbocycles. The van der Waals surface area contributed by atoms with Gasteiger partial charge >= 0.3 is 5.97 Å². The van der Waals surface area contributed by atoms with Crippen molar-refractivity contribution in [2.45, 2.75) is 20.3 Å². The second-order valence-corrected chi connectivity index (χ2v) is 5.54. The molecular weight excluding hydrogens is 319 g/mol. The van der Waals surface area contributed by atoms with E-state index in [9.17, 15) is 9.59 Å². The standard InChI is InChI=1S/C12H13IO3/c1-12(2,11(15)16)7-10(14)8-3-5-9(13)6-4-8/h3-6H,7H2,1-2H3,(H,15,16). The maximum absolute atomic E-state index is 11.8. The summed E-state index contributed by atoms with van der Waals surface area (Å²) in [5.74, 6) is -1.09. The molecule has 4 heteroatoms. The van der Waals surface area contributed by atoms with Crippen molar-refractivity contribution in [2.75, 3.05) is 0 Å². The number of ketones is 1. The molecule has 0 unspecified atom stereocenters. The second-order valence-electron chi connectivity index (χ2n) is 4.30. The van der Waals surface area contributed by atoms with Gasteiger partial charge in [0.25, 0.3) is 0 Å². The van der Waals surface area contributed by atoms with Crippen LogP contribution in [0.25, 0.3) is 0 Å². The summed E-state index contributed by atoms with van der Waals surface area (Å²) in [6.07, 6.45) is 0.0168. The van der Waals surface area contributed by atoms with Crippen LogP contribution in [0.2, 0.25) is 0 Å². The molecule has 0 amide bonds. The highest BCUT2D eigenvalue weighted by atomic mass is 127. The Morgan fingerprint density at radius 3 is 2.19 bits per heavy atom. The van der Waals surface area contributed by atoms with Crippen LogP contribution in [0.4, 0.5) is 0 Å². The van der Waals surface area contributed by atoms with Gasteiger partial charge in [-0.1, -0.05) is 12.1 Å². The van der Waals surface area contributed by atoms with Gasteiger partial charge in [0.15, 0.2) is 5.78 Å². The molecule has 0 aliphatic rings. The molecule has 0 fully saturated rings. The molecule has 0 aliphatic carbocycles. The Labute approximate surface area is 108 Å². The van der Waals surface area contributed by atoms with E-state index in [1.54, 1.807) is 26.0 Å². The van der Waals surface area contributed by atoms with Gasteiger partial charge in [0.05, 0.1) is 5.41 Å². The predicted octanol–water partition coefficient (Wildman–Crippen LogP) is 2.97.